The largest absolute Gasteiger partial charge is 0.493 e. The third-order valence-corrected chi connectivity index (χ3v) is 4.15. The lowest BCUT2D eigenvalue weighted by Gasteiger charge is -2.16. The fourth-order valence-corrected chi connectivity index (χ4v) is 2.91. The first-order valence-electron chi connectivity index (χ1n) is 9.32. The minimum absolute atomic E-state index is 0.238. The van der Waals surface area contributed by atoms with Gasteiger partial charge in [0.05, 0.1) is 27.0 Å². The van der Waals surface area contributed by atoms with Gasteiger partial charge in [0.15, 0.2) is 11.5 Å². The van der Waals surface area contributed by atoms with Crippen LogP contribution in [0.15, 0.2) is 48.5 Å². The van der Waals surface area contributed by atoms with Gasteiger partial charge in [0, 0.05) is 35.5 Å². The number of methoxy groups -OCH3 is 3. The number of nitrogens with one attached hydrogen (secondary N) is 2. The Hall–Kier alpha value is -3.48. The second-order valence-electron chi connectivity index (χ2n) is 6.67. The molecule has 7 nitrogen and oxygen atoms in total. The van der Waals surface area contributed by atoms with Crippen molar-refractivity contribution in [2.75, 3.05) is 32.0 Å². The molecule has 3 rings (SSSR count). The predicted molar refractivity (Wildman–Crippen MR) is 116 cm³/mol. The molecule has 1 heterocycles. The first kappa shape index (κ1) is 20.3. The van der Waals surface area contributed by atoms with Crippen LogP contribution in [0.2, 0.25) is 0 Å². The zero-order valence-corrected chi connectivity index (χ0v) is 17.3. The fourth-order valence-electron chi connectivity index (χ4n) is 2.91. The molecule has 0 radical (unpaired) electrons. The van der Waals surface area contributed by atoms with Gasteiger partial charge in [-0.2, -0.15) is 4.98 Å². The Morgan fingerprint density at radius 1 is 0.828 bits per heavy atom. The summed E-state index contributed by atoms with van der Waals surface area (Å²) in [6, 6.07) is 15.8. The van der Waals surface area contributed by atoms with E-state index in [1.54, 1.807) is 21.3 Å². The first-order chi connectivity index (χ1) is 14.0. The van der Waals surface area contributed by atoms with E-state index in [1.807, 2.05) is 48.5 Å². The highest BCUT2D eigenvalue weighted by molar-refractivity contribution is 5.69. The molecule has 0 aliphatic carbocycles. The molecular weight excluding hydrogens is 368 g/mol. The van der Waals surface area contributed by atoms with Crippen molar-refractivity contribution in [3.05, 3.63) is 48.5 Å². The highest BCUT2D eigenvalue weighted by atomic mass is 16.5. The molecule has 152 valence electrons. The van der Waals surface area contributed by atoms with Gasteiger partial charge < -0.3 is 24.8 Å². The molecule has 0 amide bonds. The molecule has 2 aromatic carbocycles. The molecule has 0 unspecified atom stereocenters. The molecule has 0 atom stereocenters. The smallest absolute Gasteiger partial charge is 0.229 e. The van der Waals surface area contributed by atoms with E-state index in [0.29, 0.717) is 23.2 Å². The van der Waals surface area contributed by atoms with Gasteiger partial charge >= 0.3 is 0 Å². The Kier molecular flexibility index (Phi) is 6.39. The summed E-state index contributed by atoms with van der Waals surface area (Å²) in [6.07, 6.45) is 0. The molecule has 0 aliphatic heterocycles. The van der Waals surface area contributed by atoms with Gasteiger partial charge in [0.2, 0.25) is 11.7 Å². The summed E-state index contributed by atoms with van der Waals surface area (Å²) in [5.41, 5.74) is 2.55. The molecule has 0 bridgehead atoms. The van der Waals surface area contributed by atoms with Gasteiger partial charge in [-0.05, 0) is 13.8 Å². The van der Waals surface area contributed by atoms with Crippen LogP contribution in [-0.2, 0) is 0 Å². The second kappa shape index (κ2) is 9.14. The average molecular weight is 394 g/mol. The van der Waals surface area contributed by atoms with Gasteiger partial charge in [0.1, 0.15) is 5.82 Å². The molecule has 0 saturated carbocycles. The molecule has 0 spiro atoms. The van der Waals surface area contributed by atoms with Crippen molar-refractivity contribution >= 4 is 17.5 Å². The standard InChI is InChI=1S/C22H26N4O3/c1-14(2)23-20-13-17(15-9-7-6-8-10-15)25-22(26-20)24-16-11-18(27-3)21(29-5)19(12-16)28-4/h6-14H,1-5H3,(H2,23,24,25,26). The van der Waals surface area contributed by atoms with Crippen molar-refractivity contribution in [2.45, 2.75) is 19.9 Å². The summed E-state index contributed by atoms with van der Waals surface area (Å²) >= 11 is 0. The number of hydrogen-bond acceptors (Lipinski definition) is 7. The van der Waals surface area contributed by atoms with Crippen LogP contribution < -0.4 is 24.8 Å². The van der Waals surface area contributed by atoms with Crippen molar-refractivity contribution in [1.82, 2.24) is 9.97 Å². The number of hydrogen-bond donors (Lipinski definition) is 2. The maximum atomic E-state index is 5.43. The molecule has 0 aliphatic rings. The van der Waals surface area contributed by atoms with E-state index in [4.69, 9.17) is 14.2 Å². The van der Waals surface area contributed by atoms with E-state index in [2.05, 4.69) is 34.4 Å². The van der Waals surface area contributed by atoms with Crippen LogP contribution in [0.25, 0.3) is 11.3 Å². The Morgan fingerprint density at radius 3 is 2.03 bits per heavy atom. The minimum atomic E-state index is 0.238. The minimum Gasteiger partial charge on any atom is -0.493 e. The monoisotopic (exact) mass is 394 g/mol. The zero-order chi connectivity index (χ0) is 20.8. The maximum absolute atomic E-state index is 5.43. The van der Waals surface area contributed by atoms with E-state index in [-0.39, 0.29) is 6.04 Å². The van der Waals surface area contributed by atoms with Gasteiger partial charge in [-0.15, -0.1) is 0 Å². The second-order valence-corrected chi connectivity index (χ2v) is 6.67. The highest BCUT2D eigenvalue weighted by Gasteiger charge is 2.15. The average Bonchev–Trinajstić information content (AvgIpc) is 2.73. The van der Waals surface area contributed by atoms with E-state index < -0.39 is 0 Å². The molecule has 29 heavy (non-hydrogen) atoms. The van der Waals surface area contributed by atoms with Crippen LogP contribution in [0.3, 0.4) is 0 Å². The summed E-state index contributed by atoms with van der Waals surface area (Å²) < 4.78 is 16.2. The van der Waals surface area contributed by atoms with Crippen molar-refractivity contribution in [3.8, 4) is 28.5 Å². The summed E-state index contributed by atoms with van der Waals surface area (Å²) in [5.74, 6) is 2.83. The Morgan fingerprint density at radius 2 is 1.48 bits per heavy atom. The van der Waals surface area contributed by atoms with Crippen LogP contribution in [0.5, 0.6) is 17.2 Å². The van der Waals surface area contributed by atoms with Crippen LogP contribution >= 0.6 is 0 Å². The van der Waals surface area contributed by atoms with Crippen LogP contribution in [0, 0.1) is 0 Å². The predicted octanol–water partition coefficient (Wildman–Crippen LogP) is 4.73. The van der Waals surface area contributed by atoms with E-state index in [1.165, 1.54) is 0 Å². The summed E-state index contributed by atoms with van der Waals surface area (Å²) in [5, 5.41) is 6.59. The zero-order valence-electron chi connectivity index (χ0n) is 17.3. The first-order valence-corrected chi connectivity index (χ1v) is 9.32. The number of aromatic nitrogens is 2. The maximum Gasteiger partial charge on any atom is 0.229 e. The van der Waals surface area contributed by atoms with Crippen molar-refractivity contribution < 1.29 is 14.2 Å². The Bertz CT molecular complexity index is 937. The van der Waals surface area contributed by atoms with Crippen molar-refractivity contribution in [3.63, 3.8) is 0 Å². The topological polar surface area (TPSA) is 77.5 Å². The fraction of sp³-hybridized carbons (Fsp3) is 0.273. The van der Waals surface area contributed by atoms with Gasteiger partial charge in [-0.25, -0.2) is 4.98 Å². The van der Waals surface area contributed by atoms with Crippen LogP contribution in [-0.4, -0.2) is 37.3 Å². The molecule has 0 fully saturated rings. The van der Waals surface area contributed by atoms with E-state index in [0.717, 1.165) is 22.8 Å². The summed E-state index contributed by atoms with van der Waals surface area (Å²) in [6.45, 7) is 4.13. The molecular formula is C22H26N4O3. The lowest BCUT2D eigenvalue weighted by Crippen LogP contribution is -2.12. The summed E-state index contributed by atoms with van der Waals surface area (Å²) in [7, 11) is 4.74. The highest BCUT2D eigenvalue weighted by Crippen LogP contribution is 2.40. The van der Waals surface area contributed by atoms with Gasteiger partial charge in [-0.3, -0.25) is 0 Å². The molecule has 7 heteroatoms. The summed E-state index contributed by atoms with van der Waals surface area (Å²) in [4.78, 5) is 9.29. The molecule has 3 aromatic rings. The third-order valence-electron chi connectivity index (χ3n) is 4.15. The van der Waals surface area contributed by atoms with Crippen LogP contribution in [0.4, 0.5) is 17.5 Å². The lowest BCUT2D eigenvalue weighted by atomic mass is 10.1. The van der Waals surface area contributed by atoms with Crippen molar-refractivity contribution in [1.29, 1.82) is 0 Å². The Labute approximate surface area is 171 Å². The lowest BCUT2D eigenvalue weighted by molar-refractivity contribution is 0.324. The number of anilines is 3. The molecule has 1 aromatic heterocycles. The number of rotatable bonds is 8. The van der Waals surface area contributed by atoms with Gasteiger partial charge in [-0.1, -0.05) is 30.3 Å². The SMILES string of the molecule is COc1cc(Nc2nc(NC(C)C)cc(-c3ccccc3)n2)cc(OC)c1OC. The quantitative estimate of drug-likeness (QED) is 0.572. The Balaban J connectivity index is 2.02. The third kappa shape index (κ3) is 4.87. The van der Waals surface area contributed by atoms with E-state index in [9.17, 15) is 0 Å². The molecule has 0 saturated heterocycles. The molecule has 2 N–H and O–H groups in total. The number of benzene rings is 2. The van der Waals surface area contributed by atoms with E-state index >= 15 is 0 Å². The number of ether oxygens (including phenoxy) is 3. The van der Waals surface area contributed by atoms with Crippen molar-refractivity contribution in [2.24, 2.45) is 0 Å². The number of nitrogens with zero attached hydrogens (tertiary/aromatic N) is 2. The van der Waals surface area contributed by atoms with Crippen LogP contribution in [0.1, 0.15) is 13.8 Å². The van der Waals surface area contributed by atoms with Gasteiger partial charge in [0.25, 0.3) is 0 Å². The normalized spacial score (nSPS) is 10.6.